The lowest BCUT2D eigenvalue weighted by molar-refractivity contribution is 0.291. The van der Waals surface area contributed by atoms with Crippen LogP contribution in [0, 0.1) is 0 Å². The minimum Gasteiger partial charge on any atom is -0.445 e. The molecule has 1 aliphatic rings. The molecule has 1 saturated heterocycles. The zero-order valence-electron chi connectivity index (χ0n) is 10.1. The van der Waals surface area contributed by atoms with Crippen LogP contribution in [0.3, 0.4) is 0 Å². The van der Waals surface area contributed by atoms with Crippen molar-refractivity contribution in [1.82, 2.24) is 4.90 Å². The summed E-state index contributed by atoms with van der Waals surface area (Å²) in [5, 5.41) is -0.823. The average Bonchev–Trinajstić information content (AvgIpc) is 2.28. The van der Waals surface area contributed by atoms with Crippen molar-refractivity contribution in [1.29, 1.82) is 0 Å². The Hall–Kier alpha value is -0.145. The number of hydrogen-bond acceptors (Lipinski definition) is 4. The summed E-state index contributed by atoms with van der Waals surface area (Å²) in [7, 11) is -3.36. The summed E-state index contributed by atoms with van der Waals surface area (Å²) in [6.07, 6.45) is 0. The van der Waals surface area contributed by atoms with Crippen LogP contribution in [-0.4, -0.2) is 56.0 Å². The predicted molar refractivity (Wildman–Crippen MR) is 70.4 cm³/mol. The van der Waals surface area contributed by atoms with Crippen molar-refractivity contribution in [3.05, 3.63) is 12.1 Å². The molecular formula is C9H16BF3NO2S2-. The van der Waals surface area contributed by atoms with Crippen LogP contribution in [0.1, 0.15) is 6.92 Å². The second-order valence-electron chi connectivity index (χ2n) is 4.18. The Balaban J connectivity index is 2.82. The molecule has 0 bridgehead atoms. The van der Waals surface area contributed by atoms with Gasteiger partial charge in [-0.1, -0.05) is 6.92 Å². The molecule has 0 aromatic heterocycles. The van der Waals surface area contributed by atoms with Crippen LogP contribution in [0.5, 0.6) is 0 Å². The first-order valence-corrected chi connectivity index (χ1v) is 8.46. The molecule has 1 rings (SSSR count). The van der Waals surface area contributed by atoms with Crippen molar-refractivity contribution in [2.24, 2.45) is 0 Å². The summed E-state index contributed by atoms with van der Waals surface area (Å²) in [4.78, 5) is 1.38. The summed E-state index contributed by atoms with van der Waals surface area (Å²) in [5.41, 5.74) is -0.835. The predicted octanol–water partition coefficient (Wildman–Crippen LogP) is 1.74. The van der Waals surface area contributed by atoms with Crippen LogP contribution in [0.15, 0.2) is 12.1 Å². The van der Waals surface area contributed by atoms with E-state index in [0.717, 1.165) is 0 Å². The smallest absolute Gasteiger partial charge is 0.445 e. The SMILES string of the molecule is C=C(CN1CCSCC1S(=O)(=O)CC)[B-](F)(F)F. The van der Waals surface area contributed by atoms with Gasteiger partial charge >= 0.3 is 6.98 Å². The quantitative estimate of drug-likeness (QED) is 0.725. The standard InChI is InChI=1S/C9H16BF3NO2S2/c1-3-18(15,16)9-7-17-5-4-14(9)6-8(2)10(11,12)13/h9H,2-7H2,1H3/q-1. The number of hydrogen-bond donors (Lipinski definition) is 0. The second kappa shape index (κ2) is 5.87. The Kier molecular flexibility index (Phi) is 5.19. The minimum absolute atomic E-state index is 0.0572. The molecule has 0 aromatic rings. The van der Waals surface area contributed by atoms with Gasteiger partial charge in [-0.15, -0.1) is 12.1 Å². The van der Waals surface area contributed by atoms with Crippen LogP contribution in [-0.2, 0) is 9.84 Å². The first-order valence-electron chi connectivity index (χ1n) is 5.59. The maximum absolute atomic E-state index is 12.5. The monoisotopic (exact) mass is 302 g/mol. The fraction of sp³-hybridized carbons (Fsp3) is 0.778. The fourth-order valence-corrected chi connectivity index (χ4v) is 4.76. The lowest BCUT2D eigenvalue weighted by Crippen LogP contribution is -2.49. The molecule has 1 fully saturated rings. The number of rotatable bonds is 5. The third-order valence-electron chi connectivity index (χ3n) is 2.88. The van der Waals surface area contributed by atoms with Gasteiger partial charge in [-0.05, 0) is 6.54 Å². The van der Waals surface area contributed by atoms with Crippen molar-refractivity contribution >= 4 is 28.6 Å². The maximum atomic E-state index is 12.5. The summed E-state index contributed by atoms with van der Waals surface area (Å²) < 4.78 is 61.1. The summed E-state index contributed by atoms with van der Waals surface area (Å²) in [6, 6.07) is 0. The molecule has 1 unspecified atom stereocenters. The van der Waals surface area contributed by atoms with Crippen molar-refractivity contribution in [2.45, 2.75) is 12.3 Å². The average molecular weight is 302 g/mol. The highest BCUT2D eigenvalue weighted by molar-refractivity contribution is 8.01. The van der Waals surface area contributed by atoms with E-state index in [1.54, 1.807) is 0 Å². The molecule has 1 heterocycles. The van der Waals surface area contributed by atoms with Gasteiger partial charge in [0.1, 0.15) is 5.37 Å². The van der Waals surface area contributed by atoms with Gasteiger partial charge in [0.05, 0.1) is 0 Å². The molecule has 0 amide bonds. The van der Waals surface area contributed by atoms with Crippen LogP contribution in [0.25, 0.3) is 0 Å². The Morgan fingerprint density at radius 1 is 1.50 bits per heavy atom. The molecule has 3 nitrogen and oxygen atoms in total. The Morgan fingerprint density at radius 3 is 2.61 bits per heavy atom. The first-order chi connectivity index (χ1) is 8.18. The van der Waals surface area contributed by atoms with Crippen molar-refractivity contribution in [2.75, 3.05) is 30.3 Å². The lowest BCUT2D eigenvalue weighted by atomic mass is 9.80. The number of nitrogens with zero attached hydrogens (tertiary/aromatic N) is 1. The van der Waals surface area contributed by atoms with Crippen molar-refractivity contribution in [3.8, 4) is 0 Å². The van der Waals surface area contributed by atoms with Gasteiger partial charge in [0, 0.05) is 23.8 Å². The first kappa shape index (κ1) is 15.9. The molecule has 0 N–H and O–H groups in total. The minimum atomic E-state index is -5.10. The molecule has 1 atom stereocenters. The van der Waals surface area contributed by atoms with E-state index < -0.39 is 34.2 Å². The van der Waals surface area contributed by atoms with E-state index in [2.05, 4.69) is 6.58 Å². The van der Waals surface area contributed by atoms with E-state index in [4.69, 9.17) is 0 Å². The van der Waals surface area contributed by atoms with E-state index >= 15 is 0 Å². The summed E-state index contributed by atoms with van der Waals surface area (Å²) in [6.45, 7) is -0.634. The zero-order valence-corrected chi connectivity index (χ0v) is 11.7. The van der Waals surface area contributed by atoms with Crippen LogP contribution >= 0.6 is 11.8 Å². The largest absolute Gasteiger partial charge is 0.506 e. The molecule has 0 aliphatic carbocycles. The molecule has 0 radical (unpaired) electrons. The van der Waals surface area contributed by atoms with Crippen LogP contribution in [0.4, 0.5) is 12.9 Å². The third-order valence-corrected chi connectivity index (χ3v) is 6.21. The molecule has 0 spiro atoms. The van der Waals surface area contributed by atoms with Gasteiger partial charge in [-0.25, -0.2) is 8.42 Å². The number of halogens is 3. The van der Waals surface area contributed by atoms with Gasteiger partial charge in [-0.3, -0.25) is 4.90 Å². The van der Waals surface area contributed by atoms with Gasteiger partial charge in [0.25, 0.3) is 0 Å². The molecule has 106 valence electrons. The summed E-state index contributed by atoms with van der Waals surface area (Å²) in [5.74, 6) is 0.917. The Morgan fingerprint density at radius 2 is 2.11 bits per heavy atom. The molecule has 0 saturated carbocycles. The Bertz CT molecular complexity index is 411. The van der Waals surface area contributed by atoms with E-state index in [1.165, 1.54) is 23.6 Å². The number of thioether (sulfide) groups is 1. The van der Waals surface area contributed by atoms with E-state index in [9.17, 15) is 21.4 Å². The lowest BCUT2D eigenvalue weighted by Gasteiger charge is -2.36. The number of sulfone groups is 1. The molecular weight excluding hydrogens is 286 g/mol. The van der Waals surface area contributed by atoms with Crippen LogP contribution < -0.4 is 0 Å². The van der Waals surface area contributed by atoms with Gasteiger partial charge < -0.3 is 12.9 Å². The molecule has 9 heteroatoms. The highest BCUT2D eigenvalue weighted by Gasteiger charge is 2.35. The third kappa shape index (κ3) is 3.93. The summed E-state index contributed by atoms with van der Waals surface area (Å²) >= 11 is 1.46. The topological polar surface area (TPSA) is 37.4 Å². The van der Waals surface area contributed by atoms with E-state index in [0.29, 0.717) is 18.1 Å². The fourth-order valence-electron chi connectivity index (χ4n) is 1.68. The highest BCUT2D eigenvalue weighted by Crippen LogP contribution is 2.25. The van der Waals surface area contributed by atoms with Crippen molar-refractivity contribution in [3.63, 3.8) is 0 Å². The molecule has 18 heavy (non-hydrogen) atoms. The zero-order chi connectivity index (χ0) is 14.0. The normalized spacial score (nSPS) is 23.0. The van der Waals surface area contributed by atoms with Gasteiger partial charge in [0.15, 0.2) is 9.84 Å². The Labute approximate surface area is 110 Å². The van der Waals surface area contributed by atoms with Gasteiger partial charge in [-0.2, -0.15) is 11.8 Å². The van der Waals surface area contributed by atoms with E-state index in [-0.39, 0.29) is 5.75 Å². The molecule has 0 aromatic carbocycles. The van der Waals surface area contributed by atoms with E-state index in [1.807, 2.05) is 0 Å². The van der Waals surface area contributed by atoms with Gasteiger partial charge in [0.2, 0.25) is 0 Å². The highest BCUT2D eigenvalue weighted by atomic mass is 32.2. The second-order valence-corrected chi connectivity index (χ2v) is 7.78. The van der Waals surface area contributed by atoms with Crippen LogP contribution in [0.2, 0.25) is 0 Å². The maximum Gasteiger partial charge on any atom is 0.506 e. The molecule has 1 aliphatic heterocycles. The van der Waals surface area contributed by atoms with Crippen molar-refractivity contribution < 1.29 is 21.4 Å².